The number of likely N-dealkylation sites (tertiary alicyclic amines) is 1. The number of benzene rings is 2. The number of thioether (sulfide) groups is 1. The van der Waals surface area contributed by atoms with E-state index in [0.29, 0.717) is 0 Å². The molecule has 1 fully saturated rings. The van der Waals surface area contributed by atoms with Crippen molar-refractivity contribution < 1.29 is 4.65 Å². The van der Waals surface area contributed by atoms with E-state index < -0.39 is 0 Å². The first-order valence-electron chi connectivity index (χ1n) is 11.9. The summed E-state index contributed by atoms with van der Waals surface area (Å²) >= 11 is 1.87. The van der Waals surface area contributed by atoms with Crippen molar-refractivity contribution in [2.24, 2.45) is 0 Å². The Bertz CT molecular complexity index is 1210. The summed E-state index contributed by atoms with van der Waals surface area (Å²) in [7, 11) is 3.43. The molecule has 0 saturated carbocycles. The van der Waals surface area contributed by atoms with Crippen LogP contribution in [0.2, 0.25) is 0 Å². The van der Waals surface area contributed by atoms with Gasteiger partial charge in [0, 0.05) is 30.2 Å². The van der Waals surface area contributed by atoms with E-state index in [1.807, 2.05) is 17.8 Å². The second kappa shape index (κ2) is 10.7. The quantitative estimate of drug-likeness (QED) is 0.173. The third kappa shape index (κ3) is 5.43. The van der Waals surface area contributed by atoms with E-state index in [-0.39, 0.29) is 0 Å². The molecule has 4 aromatic rings. The van der Waals surface area contributed by atoms with Crippen LogP contribution in [-0.4, -0.2) is 59.8 Å². The van der Waals surface area contributed by atoms with Gasteiger partial charge in [-0.15, -0.1) is 11.8 Å². The Labute approximate surface area is 200 Å². The number of nitrogens with one attached hydrogen (secondary N) is 1. The second-order valence-electron chi connectivity index (χ2n) is 8.72. The first-order valence-corrected chi connectivity index (χ1v) is 12.9. The zero-order valence-electron chi connectivity index (χ0n) is 19.2. The van der Waals surface area contributed by atoms with Gasteiger partial charge in [-0.2, -0.15) is 0 Å². The van der Waals surface area contributed by atoms with Gasteiger partial charge in [0.05, 0.1) is 5.39 Å². The van der Waals surface area contributed by atoms with Gasteiger partial charge < -0.3 is 14.5 Å². The number of nitrogens with zero attached hydrogens (tertiary/aromatic N) is 3. The predicted octanol–water partition coefficient (Wildman–Crippen LogP) is 4.56. The number of piperidine rings is 1. The van der Waals surface area contributed by atoms with E-state index in [1.165, 1.54) is 56.3 Å². The highest BCUT2D eigenvalue weighted by Crippen LogP contribution is 2.32. The van der Waals surface area contributed by atoms with E-state index in [2.05, 4.69) is 52.3 Å². The van der Waals surface area contributed by atoms with Gasteiger partial charge in [-0.25, -0.2) is 9.97 Å². The summed E-state index contributed by atoms with van der Waals surface area (Å²) in [6.07, 6.45) is 6.00. The zero-order chi connectivity index (χ0) is 22.5. The Balaban J connectivity index is 1.43. The standard InChI is InChI=1S/C26H30BN4OS/c1-32-27-20-11-12-21-22(18-20)28-25-24(21)26(33-16-8-15-31-13-6-3-7-14-31)30-23(29-25)17-19-9-4-2-5-10-19/h2,4-5,9-12,18H,3,6-8,13-17H2,1H3,(H,28,29,30). The van der Waals surface area contributed by atoms with Crippen molar-refractivity contribution in [1.29, 1.82) is 0 Å². The summed E-state index contributed by atoms with van der Waals surface area (Å²) in [6, 6.07) is 16.8. The van der Waals surface area contributed by atoms with Crippen LogP contribution in [0.3, 0.4) is 0 Å². The summed E-state index contributed by atoms with van der Waals surface area (Å²) in [5, 5.41) is 3.39. The lowest BCUT2D eigenvalue weighted by atomic mass is 9.87. The Morgan fingerprint density at radius 3 is 2.73 bits per heavy atom. The SMILES string of the molecule is CO[B]c1ccc2c(c1)[nH]c1nc(Cc3ccccc3)nc(SCCCN3CCCCC3)c12. The van der Waals surface area contributed by atoms with Gasteiger partial charge in [-0.1, -0.05) is 54.3 Å². The van der Waals surface area contributed by atoms with Gasteiger partial charge in [0.15, 0.2) is 0 Å². The first-order chi connectivity index (χ1) is 16.3. The molecule has 0 atom stereocenters. The normalized spacial score (nSPS) is 14.8. The highest BCUT2D eigenvalue weighted by atomic mass is 32.2. The Morgan fingerprint density at radius 2 is 1.91 bits per heavy atom. The highest BCUT2D eigenvalue weighted by Gasteiger charge is 2.16. The number of hydrogen-bond acceptors (Lipinski definition) is 5. The maximum atomic E-state index is 5.20. The van der Waals surface area contributed by atoms with Crippen molar-refractivity contribution in [3.8, 4) is 0 Å². The Kier molecular flexibility index (Phi) is 7.29. The molecule has 1 aliphatic rings. The zero-order valence-corrected chi connectivity index (χ0v) is 20.0. The fourth-order valence-corrected chi connectivity index (χ4v) is 5.63. The number of hydrogen-bond donors (Lipinski definition) is 1. The molecule has 169 valence electrons. The summed E-state index contributed by atoms with van der Waals surface area (Å²) in [4.78, 5) is 16.1. The van der Waals surface area contributed by atoms with Crippen LogP contribution in [0.1, 0.15) is 37.1 Å². The highest BCUT2D eigenvalue weighted by molar-refractivity contribution is 7.99. The average molecular weight is 457 g/mol. The molecule has 0 amide bonds. The van der Waals surface area contributed by atoms with Gasteiger partial charge in [0.2, 0.25) is 0 Å². The lowest BCUT2D eigenvalue weighted by molar-refractivity contribution is 0.230. The molecule has 1 aliphatic heterocycles. The Hall–Kier alpha value is -2.35. The summed E-state index contributed by atoms with van der Waals surface area (Å²) < 4.78 is 5.20. The van der Waals surface area contributed by atoms with Gasteiger partial charge >= 0.3 is 7.48 Å². The molecule has 0 aliphatic carbocycles. The monoisotopic (exact) mass is 457 g/mol. The number of aromatic nitrogens is 3. The second-order valence-corrected chi connectivity index (χ2v) is 9.80. The number of rotatable bonds is 9. The summed E-state index contributed by atoms with van der Waals surface area (Å²) in [6.45, 7) is 3.70. The van der Waals surface area contributed by atoms with Crippen LogP contribution in [0.5, 0.6) is 0 Å². The molecule has 3 heterocycles. The first kappa shape index (κ1) is 22.4. The van der Waals surface area contributed by atoms with Crippen molar-refractivity contribution in [2.75, 3.05) is 32.5 Å². The van der Waals surface area contributed by atoms with Gasteiger partial charge in [-0.3, -0.25) is 0 Å². The van der Waals surface area contributed by atoms with E-state index >= 15 is 0 Å². The van der Waals surface area contributed by atoms with Gasteiger partial charge in [0.1, 0.15) is 16.5 Å². The minimum absolute atomic E-state index is 0.732. The fraction of sp³-hybridized carbons (Fsp3) is 0.385. The average Bonchev–Trinajstić information content (AvgIpc) is 3.21. The molecular formula is C26H30BN4OS. The van der Waals surface area contributed by atoms with Gasteiger partial charge in [-0.05, 0) is 50.5 Å². The van der Waals surface area contributed by atoms with Crippen LogP contribution < -0.4 is 5.46 Å². The number of H-pyrrole nitrogens is 1. The number of aromatic amines is 1. The molecule has 2 aromatic heterocycles. The molecule has 1 N–H and O–H groups in total. The van der Waals surface area contributed by atoms with Crippen LogP contribution in [0, 0.1) is 0 Å². The van der Waals surface area contributed by atoms with E-state index in [1.54, 1.807) is 14.6 Å². The maximum Gasteiger partial charge on any atom is 0.329 e. The van der Waals surface area contributed by atoms with Crippen molar-refractivity contribution in [3.63, 3.8) is 0 Å². The molecular weight excluding hydrogens is 427 g/mol. The molecule has 1 radical (unpaired) electrons. The molecule has 2 aromatic carbocycles. The lowest BCUT2D eigenvalue weighted by Crippen LogP contribution is -2.30. The van der Waals surface area contributed by atoms with Crippen LogP contribution >= 0.6 is 11.8 Å². The molecule has 5 nitrogen and oxygen atoms in total. The van der Waals surface area contributed by atoms with E-state index in [9.17, 15) is 0 Å². The molecule has 7 heteroatoms. The Morgan fingerprint density at radius 1 is 1.06 bits per heavy atom. The lowest BCUT2D eigenvalue weighted by Gasteiger charge is -2.26. The van der Waals surface area contributed by atoms with Crippen LogP contribution in [0.4, 0.5) is 0 Å². The smallest absolute Gasteiger partial charge is 0.329 e. The molecule has 33 heavy (non-hydrogen) atoms. The largest absolute Gasteiger partial charge is 0.437 e. The third-order valence-electron chi connectivity index (χ3n) is 6.25. The summed E-state index contributed by atoms with van der Waals surface area (Å²) in [5.74, 6) is 1.93. The molecule has 0 unspecified atom stereocenters. The van der Waals surface area contributed by atoms with Crippen molar-refractivity contribution >= 4 is 46.6 Å². The third-order valence-corrected chi connectivity index (χ3v) is 7.31. The van der Waals surface area contributed by atoms with E-state index in [0.717, 1.165) is 45.0 Å². The van der Waals surface area contributed by atoms with Crippen molar-refractivity contribution in [2.45, 2.75) is 37.1 Å². The molecule has 0 spiro atoms. The van der Waals surface area contributed by atoms with Crippen LogP contribution in [0.25, 0.3) is 21.9 Å². The molecule has 0 bridgehead atoms. The summed E-state index contributed by atoms with van der Waals surface area (Å²) in [5.41, 5.74) is 4.24. The predicted molar refractivity (Wildman–Crippen MR) is 139 cm³/mol. The van der Waals surface area contributed by atoms with E-state index in [4.69, 9.17) is 14.6 Å². The van der Waals surface area contributed by atoms with Gasteiger partial charge in [0.25, 0.3) is 0 Å². The topological polar surface area (TPSA) is 54.0 Å². The minimum Gasteiger partial charge on any atom is -0.437 e. The van der Waals surface area contributed by atoms with Crippen molar-refractivity contribution in [3.05, 3.63) is 59.9 Å². The maximum absolute atomic E-state index is 5.20. The molecule has 1 saturated heterocycles. The molecule has 5 rings (SSSR count). The number of fused-ring (bicyclic) bond motifs is 3. The minimum atomic E-state index is 0.732. The fourth-order valence-electron chi connectivity index (χ4n) is 4.64. The van der Waals surface area contributed by atoms with Crippen LogP contribution in [-0.2, 0) is 11.1 Å². The van der Waals surface area contributed by atoms with Crippen molar-refractivity contribution in [1.82, 2.24) is 19.9 Å². The van der Waals surface area contributed by atoms with Crippen LogP contribution in [0.15, 0.2) is 53.6 Å².